The van der Waals surface area contributed by atoms with Crippen molar-refractivity contribution in [2.24, 2.45) is 20.9 Å². The number of nitrogens with zero attached hydrogens (tertiary/aromatic N) is 3. The maximum atomic E-state index is 12.6. The number of aldehydes is 1. The van der Waals surface area contributed by atoms with Crippen LogP contribution in [0, 0.1) is 5.92 Å². The highest BCUT2D eigenvalue weighted by molar-refractivity contribution is 6.22. The lowest BCUT2D eigenvalue weighted by Gasteiger charge is -2.23. The standard InChI is InChI=1S/C24H37N3O4/c1-8-10-11-25-18(9-2)14-19(23(31-7)27-24(5,6)15-28)26-17(4)22-20(29)12-16(3)13-21(22)30/h9,11,15-16,19,29H,8,10,12-14H2,1-7H3/b18-9-,25-11?,26-17?,27-23?. The number of carbonyl (C=O) groups is 2. The van der Waals surface area contributed by atoms with Crippen LogP contribution in [0.25, 0.3) is 0 Å². The number of aliphatic hydroxyl groups excluding tert-OH is 1. The second-order valence-electron chi connectivity index (χ2n) is 8.50. The van der Waals surface area contributed by atoms with Crippen LogP contribution in [0.5, 0.6) is 0 Å². The Bertz CT molecular complexity index is 804. The van der Waals surface area contributed by atoms with Gasteiger partial charge in [0.15, 0.2) is 5.78 Å². The zero-order valence-electron chi connectivity index (χ0n) is 19.9. The molecule has 2 unspecified atom stereocenters. The maximum absolute atomic E-state index is 12.6. The Labute approximate surface area is 186 Å². The van der Waals surface area contributed by atoms with E-state index in [-0.39, 0.29) is 28.9 Å². The predicted octanol–water partition coefficient (Wildman–Crippen LogP) is 4.81. The van der Waals surface area contributed by atoms with Crippen molar-refractivity contribution in [1.29, 1.82) is 0 Å². The fraction of sp³-hybridized carbons (Fsp3) is 0.625. The van der Waals surface area contributed by atoms with Gasteiger partial charge in [0.2, 0.25) is 5.90 Å². The summed E-state index contributed by atoms with van der Waals surface area (Å²) >= 11 is 0. The largest absolute Gasteiger partial charge is 0.511 e. The molecule has 0 aliphatic heterocycles. The Balaban J connectivity index is 3.44. The molecular formula is C24H37N3O4. The van der Waals surface area contributed by atoms with Crippen molar-refractivity contribution in [3.63, 3.8) is 0 Å². The summed E-state index contributed by atoms with van der Waals surface area (Å²) < 4.78 is 5.52. The topological polar surface area (TPSA) is 101 Å². The normalized spacial score (nSPS) is 20.4. The van der Waals surface area contributed by atoms with Crippen LogP contribution in [0.1, 0.15) is 73.6 Å². The Morgan fingerprint density at radius 2 is 2.03 bits per heavy atom. The van der Waals surface area contributed by atoms with Crippen LogP contribution in [0.2, 0.25) is 0 Å². The lowest BCUT2D eigenvalue weighted by atomic mass is 9.86. The van der Waals surface area contributed by atoms with Crippen LogP contribution in [0.3, 0.4) is 0 Å². The van der Waals surface area contributed by atoms with Gasteiger partial charge < -0.3 is 14.6 Å². The van der Waals surface area contributed by atoms with E-state index in [9.17, 15) is 14.7 Å². The van der Waals surface area contributed by atoms with Crippen LogP contribution in [-0.2, 0) is 14.3 Å². The molecule has 7 nitrogen and oxygen atoms in total. The second-order valence-corrected chi connectivity index (χ2v) is 8.50. The van der Waals surface area contributed by atoms with E-state index in [2.05, 4.69) is 16.9 Å². The van der Waals surface area contributed by atoms with Crippen molar-refractivity contribution in [2.45, 2.75) is 85.2 Å². The van der Waals surface area contributed by atoms with Crippen molar-refractivity contribution in [3.05, 3.63) is 23.1 Å². The molecule has 0 spiro atoms. The molecule has 1 rings (SSSR count). The highest BCUT2D eigenvalue weighted by atomic mass is 16.5. The molecule has 0 radical (unpaired) electrons. The molecule has 1 N–H and O–H groups in total. The number of allylic oxidation sites excluding steroid dienone is 3. The number of methoxy groups -OCH3 is 1. The number of hydrogen-bond acceptors (Lipinski definition) is 7. The van der Waals surface area contributed by atoms with Gasteiger partial charge in [0.25, 0.3) is 0 Å². The molecule has 0 aromatic rings. The summed E-state index contributed by atoms with van der Waals surface area (Å²) in [5.41, 5.74) is 0.516. The third-order valence-corrected chi connectivity index (χ3v) is 4.95. The van der Waals surface area contributed by atoms with Crippen LogP contribution in [0.4, 0.5) is 0 Å². The Morgan fingerprint density at radius 1 is 1.35 bits per heavy atom. The minimum absolute atomic E-state index is 0.0695. The van der Waals surface area contributed by atoms with E-state index in [1.54, 1.807) is 20.8 Å². The number of unbranched alkanes of at least 4 members (excludes halogenated alkanes) is 1. The number of aliphatic hydroxyl groups is 1. The SMILES string of the molecule is C/C=C(/CC(N=C(C)C1=C(O)CC(C)CC1=O)C(=NC(C)(C)C=O)OC)N=CCCC. The molecule has 0 fully saturated rings. The molecule has 0 aromatic heterocycles. The summed E-state index contributed by atoms with van der Waals surface area (Å²) in [6, 6.07) is -0.596. The molecular weight excluding hydrogens is 394 g/mol. The summed E-state index contributed by atoms with van der Waals surface area (Å²) in [5, 5.41) is 10.4. The third-order valence-electron chi connectivity index (χ3n) is 4.95. The summed E-state index contributed by atoms with van der Waals surface area (Å²) in [7, 11) is 1.48. The summed E-state index contributed by atoms with van der Waals surface area (Å²) in [6.45, 7) is 11.0. The smallest absolute Gasteiger partial charge is 0.209 e. The quantitative estimate of drug-likeness (QED) is 0.304. The molecule has 31 heavy (non-hydrogen) atoms. The summed E-state index contributed by atoms with van der Waals surface area (Å²) in [5.74, 6) is 0.331. The van der Waals surface area contributed by atoms with Gasteiger partial charge in [-0.1, -0.05) is 26.3 Å². The van der Waals surface area contributed by atoms with E-state index in [1.165, 1.54) is 7.11 Å². The summed E-state index contributed by atoms with van der Waals surface area (Å²) in [4.78, 5) is 37.7. The van der Waals surface area contributed by atoms with Crippen molar-refractivity contribution < 1.29 is 19.4 Å². The third kappa shape index (κ3) is 8.23. The van der Waals surface area contributed by atoms with Crippen molar-refractivity contribution in [2.75, 3.05) is 7.11 Å². The van der Waals surface area contributed by atoms with E-state index < -0.39 is 11.6 Å². The number of ketones is 1. The Morgan fingerprint density at radius 3 is 2.55 bits per heavy atom. The van der Waals surface area contributed by atoms with Crippen LogP contribution in [0.15, 0.2) is 38.1 Å². The highest BCUT2D eigenvalue weighted by Gasteiger charge is 2.29. The van der Waals surface area contributed by atoms with Crippen LogP contribution < -0.4 is 0 Å². The Kier molecular flexibility index (Phi) is 10.5. The van der Waals surface area contributed by atoms with E-state index in [0.29, 0.717) is 25.0 Å². The zero-order valence-corrected chi connectivity index (χ0v) is 19.9. The monoisotopic (exact) mass is 431 g/mol. The molecule has 0 saturated heterocycles. The molecule has 0 aromatic carbocycles. The zero-order chi connectivity index (χ0) is 23.6. The number of carbonyl (C=O) groups excluding carboxylic acids is 2. The Hall–Kier alpha value is -2.57. The first-order valence-corrected chi connectivity index (χ1v) is 10.9. The van der Waals surface area contributed by atoms with Crippen molar-refractivity contribution >= 4 is 29.9 Å². The van der Waals surface area contributed by atoms with Crippen LogP contribution >= 0.6 is 0 Å². The fourth-order valence-electron chi connectivity index (χ4n) is 3.30. The second kappa shape index (κ2) is 12.3. The van der Waals surface area contributed by atoms with Gasteiger partial charge in [-0.05, 0) is 40.0 Å². The van der Waals surface area contributed by atoms with Gasteiger partial charge in [-0.3, -0.25) is 14.8 Å². The number of Topliss-reactive ketones (excluding diaryl/α,β-unsaturated/α-hetero) is 1. The lowest BCUT2D eigenvalue weighted by Crippen LogP contribution is -2.30. The highest BCUT2D eigenvalue weighted by Crippen LogP contribution is 2.27. The average Bonchev–Trinajstić information content (AvgIpc) is 2.70. The van der Waals surface area contributed by atoms with E-state index in [0.717, 1.165) is 24.8 Å². The van der Waals surface area contributed by atoms with E-state index in [4.69, 9.17) is 9.73 Å². The lowest BCUT2D eigenvalue weighted by molar-refractivity contribution is -0.116. The van der Waals surface area contributed by atoms with Gasteiger partial charge >= 0.3 is 0 Å². The van der Waals surface area contributed by atoms with Gasteiger partial charge in [-0.25, -0.2) is 4.99 Å². The number of aliphatic imine (C=N–C) groups is 3. The van der Waals surface area contributed by atoms with Gasteiger partial charge in [-0.15, -0.1) is 0 Å². The molecule has 0 bridgehead atoms. The van der Waals surface area contributed by atoms with Crippen molar-refractivity contribution in [3.8, 4) is 0 Å². The maximum Gasteiger partial charge on any atom is 0.209 e. The molecule has 0 heterocycles. The summed E-state index contributed by atoms with van der Waals surface area (Å²) in [6.07, 6.45) is 7.57. The molecule has 0 amide bonds. The molecule has 0 saturated carbocycles. The molecule has 1 aliphatic carbocycles. The van der Waals surface area contributed by atoms with E-state index >= 15 is 0 Å². The number of ether oxygens (including phenoxy) is 1. The average molecular weight is 432 g/mol. The van der Waals surface area contributed by atoms with Gasteiger partial charge in [0, 0.05) is 36.9 Å². The van der Waals surface area contributed by atoms with Gasteiger partial charge in [-0.2, -0.15) is 0 Å². The molecule has 172 valence electrons. The first-order chi connectivity index (χ1) is 14.6. The minimum atomic E-state index is -0.980. The first kappa shape index (κ1) is 26.5. The van der Waals surface area contributed by atoms with Gasteiger partial charge in [0.05, 0.1) is 12.7 Å². The van der Waals surface area contributed by atoms with Gasteiger partial charge in [0.1, 0.15) is 23.6 Å². The van der Waals surface area contributed by atoms with Crippen molar-refractivity contribution in [1.82, 2.24) is 0 Å². The number of hydrogen-bond donors (Lipinski definition) is 1. The number of rotatable bonds is 10. The molecule has 1 aliphatic rings. The fourth-order valence-corrected chi connectivity index (χ4v) is 3.30. The van der Waals surface area contributed by atoms with E-state index in [1.807, 2.05) is 26.1 Å². The van der Waals surface area contributed by atoms with Crippen LogP contribution in [-0.4, -0.2) is 53.7 Å². The predicted molar refractivity (Wildman–Crippen MR) is 126 cm³/mol. The molecule has 7 heteroatoms. The first-order valence-electron chi connectivity index (χ1n) is 10.9. The molecule has 2 atom stereocenters. The minimum Gasteiger partial charge on any atom is -0.511 e.